The summed E-state index contributed by atoms with van der Waals surface area (Å²) in [6.45, 7) is 5.53. The molecule has 0 aromatic carbocycles. The Morgan fingerprint density at radius 2 is 2.09 bits per heavy atom. The van der Waals surface area contributed by atoms with E-state index in [9.17, 15) is 9.59 Å². The molecule has 7 nitrogen and oxygen atoms in total. The maximum absolute atomic E-state index is 12.6. The van der Waals surface area contributed by atoms with Crippen molar-refractivity contribution in [3.8, 4) is 0 Å². The molecule has 7 heteroatoms. The van der Waals surface area contributed by atoms with Crippen molar-refractivity contribution in [3.63, 3.8) is 0 Å². The van der Waals surface area contributed by atoms with E-state index >= 15 is 0 Å². The highest BCUT2D eigenvalue weighted by molar-refractivity contribution is 5.92. The molecule has 0 spiro atoms. The SMILES string of the molecule is CNC(=O)[C@H]1C[C@@H]2CN(C(=O)c3cnccn3)C[C@@H]2N1C(C)C. The number of nitrogens with zero attached hydrogens (tertiary/aromatic N) is 4. The molecule has 3 heterocycles. The van der Waals surface area contributed by atoms with Crippen molar-refractivity contribution >= 4 is 11.8 Å². The van der Waals surface area contributed by atoms with Crippen LogP contribution >= 0.6 is 0 Å². The summed E-state index contributed by atoms with van der Waals surface area (Å²) in [6, 6.07) is 0.403. The molecule has 23 heavy (non-hydrogen) atoms. The fourth-order valence-corrected chi connectivity index (χ4v) is 3.95. The molecule has 3 atom stereocenters. The third-order valence-electron chi connectivity index (χ3n) is 4.89. The second-order valence-corrected chi connectivity index (χ2v) is 6.53. The van der Waals surface area contributed by atoms with Crippen LogP contribution in [0.1, 0.15) is 30.8 Å². The Morgan fingerprint density at radius 1 is 1.30 bits per heavy atom. The van der Waals surface area contributed by atoms with Crippen molar-refractivity contribution in [1.29, 1.82) is 0 Å². The van der Waals surface area contributed by atoms with Crippen molar-refractivity contribution < 1.29 is 9.59 Å². The van der Waals surface area contributed by atoms with Gasteiger partial charge in [0.05, 0.1) is 12.2 Å². The van der Waals surface area contributed by atoms with Crippen LogP contribution in [-0.2, 0) is 4.79 Å². The summed E-state index contributed by atoms with van der Waals surface area (Å²) in [7, 11) is 1.68. The molecule has 0 aliphatic carbocycles. The summed E-state index contributed by atoms with van der Waals surface area (Å²) >= 11 is 0. The van der Waals surface area contributed by atoms with E-state index < -0.39 is 0 Å². The van der Waals surface area contributed by atoms with Gasteiger partial charge in [-0.05, 0) is 26.2 Å². The summed E-state index contributed by atoms with van der Waals surface area (Å²) in [5.41, 5.74) is 0.381. The minimum absolute atomic E-state index is 0.0694. The van der Waals surface area contributed by atoms with Gasteiger partial charge >= 0.3 is 0 Å². The predicted octanol–water partition coefficient (Wildman–Crippen LogP) is 0.146. The van der Waals surface area contributed by atoms with Gasteiger partial charge in [0.25, 0.3) is 5.91 Å². The lowest BCUT2D eigenvalue weighted by atomic mass is 10.0. The van der Waals surface area contributed by atoms with Crippen LogP contribution in [0.2, 0.25) is 0 Å². The number of fused-ring (bicyclic) bond motifs is 1. The highest BCUT2D eigenvalue weighted by atomic mass is 16.2. The second kappa shape index (κ2) is 6.23. The molecule has 0 radical (unpaired) electrons. The highest BCUT2D eigenvalue weighted by Crippen LogP contribution is 2.37. The average molecular weight is 317 g/mol. The van der Waals surface area contributed by atoms with Gasteiger partial charge in [0.1, 0.15) is 5.69 Å². The molecule has 1 N–H and O–H groups in total. The Labute approximate surface area is 136 Å². The molecular formula is C16H23N5O2. The van der Waals surface area contributed by atoms with Crippen molar-refractivity contribution in [2.45, 2.75) is 38.4 Å². The van der Waals surface area contributed by atoms with Gasteiger partial charge in [-0.25, -0.2) is 4.98 Å². The van der Waals surface area contributed by atoms with E-state index in [-0.39, 0.29) is 29.9 Å². The first-order valence-corrected chi connectivity index (χ1v) is 8.07. The zero-order valence-corrected chi connectivity index (χ0v) is 13.8. The Hall–Kier alpha value is -2.02. The number of likely N-dealkylation sites (N-methyl/N-ethyl adjacent to an activating group) is 1. The summed E-state index contributed by atoms with van der Waals surface area (Å²) in [5.74, 6) is 0.327. The zero-order chi connectivity index (χ0) is 16.6. The number of likely N-dealkylation sites (tertiary alicyclic amines) is 2. The van der Waals surface area contributed by atoms with Crippen molar-refractivity contribution in [2.24, 2.45) is 5.92 Å². The average Bonchev–Trinajstić information content (AvgIpc) is 3.11. The van der Waals surface area contributed by atoms with E-state index in [0.29, 0.717) is 24.7 Å². The van der Waals surface area contributed by atoms with Crippen LogP contribution in [0.5, 0.6) is 0 Å². The van der Waals surface area contributed by atoms with E-state index in [1.54, 1.807) is 13.2 Å². The third kappa shape index (κ3) is 2.81. The lowest BCUT2D eigenvalue weighted by Crippen LogP contribution is -2.50. The minimum Gasteiger partial charge on any atom is -0.358 e. The molecule has 2 aliphatic heterocycles. The fraction of sp³-hybridized carbons (Fsp3) is 0.625. The first-order valence-electron chi connectivity index (χ1n) is 8.07. The van der Waals surface area contributed by atoms with Crippen LogP contribution in [0.3, 0.4) is 0 Å². The summed E-state index contributed by atoms with van der Waals surface area (Å²) in [6.07, 6.45) is 5.40. The van der Waals surface area contributed by atoms with Crippen LogP contribution < -0.4 is 5.32 Å². The third-order valence-corrected chi connectivity index (χ3v) is 4.89. The molecular weight excluding hydrogens is 294 g/mol. The number of aromatic nitrogens is 2. The maximum atomic E-state index is 12.6. The summed E-state index contributed by atoms with van der Waals surface area (Å²) < 4.78 is 0. The van der Waals surface area contributed by atoms with Gasteiger partial charge in [-0.2, -0.15) is 0 Å². The molecule has 3 rings (SSSR count). The van der Waals surface area contributed by atoms with Gasteiger partial charge in [-0.1, -0.05) is 0 Å². The monoisotopic (exact) mass is 317 g/mol. The van der Waals surface area contributed by atoms with E-state index in [2.05, 4.69) is 34.0 Å². The van der Waals surface area contributed by atoms with Gasteiger partial charge in [-0.3, -0.25) is 19.5 Å². The molecule has 1 aromatic heterocycles. The predicted molar refractivity (Wildman–Crippen MR) is 84.7 cm³/mol. The molecule has 0 bridgehead atoms. The van der Waals surface area contributed by atoms with Crippen LogP contribution in [0, 0.1) is 5.92 Å². The number of hydrogen-bond donors (Lipinski definition) is 1. The van der Waals surface area contributed by atoms with E-state index in [1.165, 1.54) is 12.4 Å². The normalized spacial score (nSPS) is 27.3. The molecule has 1 aromatic rings. The van der Waals surface area contributed by atoms with Gasteiger partial charge in [-0.15, -0.1) is 0 Å². The van der Waals surface area contributed by atoms with Gasteiger partial charge in [0.2, 0.25) is 5.91 Å². The topological polar surface area (TPSA) is 78.4 Å². The van der Waals surface area contributed by atoms with Crippen molar-refractivity contribution in [1.82, 2.24) is 25.1 Å². The van der Waals surface area contributed by atoms with Gasteiger partial charge < -0.3 is 10.2 Å². The Bertz CT molecular complexity index is 591. The molecule has 2 saturated heterocycles. The Balaban J connectivity index is 1.75. The standard InChI is InChI=1S/C16H23N5O2/c1-10(2)21-13(15(22)17-3)6-11-8-20(9-14(11)21)16(23)12-7-18-4-5-19-12/h4-5,7,10-11,13-14H,6,8-9H2,1-3H3,(H,17,22)/t11-,13-,14+/m1/s1. The highest BCUT2D eigenvalue weighted by Gasteiger charge is 2.50. The van der Waals surface area contributed by atoms with Gasteiger partial charge in [0.15, 0.2) is 0 Å². The largest absolute Gasteiger partial charge is 0.358 e. The molecule has 2 aliphatic rings. The van der Waals surface area contributed by atoms with E-state index in [0.717, 1.165) is 6.42 Å². The molecule has 2 amide bonds. The number of amides is 2. The molecule has 0 saturated carbocycles. The van der Waals surface area contributed by atoms with Crippen LogP contribution in [0.15, 0.2) is 18.6 Å². The number of nitrogens with one attached hydrogen (secondary N) is 1. The summed E-state index contributed by atoms with van der Waals surface area (Å²) in [4.78, 5) is 36.9. The quantitative estimate of drug-likeness (QED) is 0.858. The lowest BCUT2D eigenvalue weighted by Gasteiger charge is -2.33. The van der Waals surface area contributed by atoms with Crippen LogP contribution in [0.25, 0.3) is 0 Å². The first kappa shape index (κ1) is 15.9. The maximum Gasteiger partial charge on any atom is 0.274 e. The first-order chi connectivity index (χ1) is 11.0. The smallest absolute Gasteiger partial charge is 0.274 e. The van der Waals surface area contributed by atoms with E-state index in [4.69, 9.17) is 0 Å². The lowest BCUT2D eigenvalue weighted by molar-refractivity contribution is -0.126. The Kier molecular flexibility index (Phi) is 4.30. The zero-order valence-electron chi connectivity index (χ0n) is 13.8. The molecule has 2 fully saturated rings. The number of hydrogen-bond acceptors (Lipinski definition) is 5. The van der Waals surface area contributed by atoms with Crippen molar-refractivity contribution in [2.75, 3.05) is 20.1 Å². The van der Waals surface area contributed by atoms with Crippen LogP contribution in [-0.4, -0.2) is 69.8 Å². The Morgan fingerprint density at radius 3 is 2.70 bits per heavy atom. The second-order valence-electron chi connectivity index (χ2n) is 6.53. The van der Waals surface area contributed by atoms with Crippen LogP contribution in [0.4, 0.5) is 0 Å². The number of rotatable bonds is 3. The number of carbonyl (C=O) groups excluding carboxylic acids is 2. The summed E-state index contributed by atoms with van der Waals surface area (Å²) in [5, 5.41) is 2.76. The number of carbonyl (C=O) groups is 2. The van der Waals surface area contributed by atoms with E-state index in [1.807, 2.05) is 4.90 Å². The fourth-order valence-electron chi connectivity index (χ4n) is 3.95. The minimum atomic E-state index is -0.0937. The molecule has 0 unspecified atom stereocenters. The van der Waals surface area contributed by atoms with Crippen molar-refractivity contribution in [3.05, 3.63) is 24.3 Å². The van der Waals surface area contributed by atoms with Gasteiger partial charge in [0, 0.05) is 44.6 Å². The molecule has 124 valence electrons.